The van der Waals surface area contributed by atoms with Crippen molar-refractivity contribution < 1.29 is 32.6 Å². The minimum absolute atomic E-state index is 0.00380. The third-order valence-electron chi connectivity index (χ3n) is 3.38. The van der Waals surface area contributed by atoms with E-state index in [1.807, 2.05) is 0 Å². The Bertz CT molecular complexity index is 755. The average Bonchev–Trinajstić information content (AvgIpc) is 2.86. The number of hydrogen-bond donors (Lipinski definition) is 2. The minimum atomic E-state index is -4.48. The minimum Gasteiger partial charge on any atom is -0.466 e. The number of methoxy groups -OCH3 is 1. The molecule has 0 spiro atoms. The monoisotopic (exact) mass is 410 g/mol. The van der Waals surface area contributed by atoms with Gasteiger partial charge in [-0.15, -0.1) is 0 Å². The molecule has 6 nitrogen and oxygen atoms in total. The number of amides is 1. The topological polar surface area (TPSA) is 78.9 Å². The third-order valence-corrected chi connectivity index (χ3v) is 4.44. The van der Waals surface area contributed by atoms with E-state index < -0.39 is 17.4 Å². The van der Waals surface area contributed by atoms with E-state index in [0.29, 0.717) is 0 Å². The smallest absolute Gasteiger partial charge is 0.446 e. The van der Waals surface area contributed by atoms with Crippen molar-refractivity contribution in [1.82, 2.24) is 4.90 Å². The Morgan fingerprint density at radius 3 is 2.73 bits per heavy atom. The van der Waals surface area contributed by atoms with Crippen molar-refractivity contribution in [3.05, 3.63) is 34.5 Å². The molecule has 1 aliphatic heterocycles. The second kappa shape index (κ2) is 8.19. The summed E-state index contributed by atoms with van der Waals surface area (Å²) in [5, 5.41) is 11.7. The number of thioether (sulfide) groups is 1. The average molecular weight is 411 g/mol. The standard InChI is InChI=1S/C15H14ClF3N2O4S/c1-25-14(24)9-7-21(4-5-22)13(23)12(9)20-11-6-8(2-3-10(11)16)26-15(17,18)19/h2-3,6,20,22H,4-5,7H2,1H3. The van der Waals surface area contributed by atoms with Gasteiger partial charge in [-0.3, -0.25) is 4.79 Å². The Kier molecular flexibility index (Phi) is 6.43. The molecule has 1 amide bonds. The van der Waals surface area contributed by atoms with Crippen LogP contribution in [0.2, 0.25) is 5.02 Å². The van der Waals surface area contributed by atoms with Gasteiger partial charge in [-0.1, -0.05) is 11.6 Å². The number of ether oxygens (including phenoxy) is 1. The molecule has 1 heterocycles. The number of aliphatic hydroxyl groups excluding tert-OH is 1. The van der Waals surface area contributed by atoms with E-state index >= 15 is 0 Å². The number of hydrogen-bond acceptors (Lipinski definition) is 6. The third kappa shape index (κ3) is 4.83. The number of aliphatic hydroxyl groups is 1. The predicted molar refractivity (Wildman–Crippen MR) is 89.7 cm³/mol. The summed E-state index contributed by atoms with van der Waals surface area (Å²) in [6.45, 7) is -0.419. The molecule has 1 aromatic carbocycles. The Hall–Kier alpha value is -1.91. The summed E-state index contributed by atoms with van der Waals surface area (Å²) in [7, 11) is 1.14. The molecule has 0 bridgehead atoms. The lowest BCUT2D eigenvalue weighted by Gasteiger charge is -2.15. The first kappa shape index (κ1) is 20.4. The van der Waals surface area contributed by atoms with Crippen molar-refractivity contribution in [2.45, 2.75) is 10.4 Å². The van der Waals surface area contributed by atoms with Gasteiger partial charge in [0.25, 0.3) is 5.91 Å². The molecule has 0 saturated carbocycles. The molecule has 0 saturated heterocycles. The van der Waals surface area contributed by atoms with Crippen molar-refractivity contribution in [1.29, 1.82) is 0 Å². The Morgan fingerprint density at radius 1 is 1.46 bits per heavy atom. The number of carbonyl (C=O) groups excluding carboxylic acids is 2. The molecule has 26 heavy (non-hydrogen) atoms. The van der Waals surface area contributed by atoms with Crippen LogP contribution in [0.3, 0.4) is 0 Å². The van der Waals surface area contributed by atoms with Crippen molar-refractivity contribution in [2.75, 3.05) is 32.1 Å². The van der Waals surface area contributed by atoms with E-state index in [9.17, 15) is 22.8 Å². The van der Waals surface area contributed by atoms with E-state index in [-0.39, 0.29) is 58.3 Å². The lowest BCUT2D eigenvalue weighted by atomic mass is 10.2. The lowest BCUT2D eigenvalue weighted by Crippen LogP contribution is -2.31. The summed E-state index contributed by atoms with van der Waals surface area (Å²) in [6.07, 6.45) is 0. The molecule has 1 aromatic rings. The maximum absolute atomic E-state index is 12.5. The molecule has 11 heteroatoms. The number of alkyl halides is 3. The molecule has 0 aliphatic carbocycles. The highest BCUT2D eigenvalue weighted by Gasteiger charge is 2.35. The number of rotatable bonds is 6. The van der Waals surface area contributed by atoms with Crippen LogP contribution in [-0.4, -0.2) is 54.2 Å². The van der Waals surface area contributed by atoms with Crippen LogP contribution >= 0.6 is 23.4 Å². The Balaban J connectivity index is 2.35. The molecule has 0 radical (unpaired) electrons. The van der Waals surface area contributed by atoms with Gasteiger partial charge in [0.15, 0.2) is 0 Å². The number of nitrogens with one attached hydrogen (secondary N) is 1. The van der Waals surface area contributed by atoms with Gasteiger partial charge in [-0.25, -0.2) is 4.79 Å². The van der Waals surface area contributed by atoms with Gasteiger partial charge in [-0.2, -0.15) is 13.2 Å². The molecule has 2 N–H and O–H groups in total. The summed E-state index contributed by atoms with van der Waals surface area (Å²) in [6, 6.07) is 3.57. The summed E-state index contributed by atoms with van der Waals surface area (Å²) in [4.78, 5) is 25.4. The van der Waals surface area contributed by atoms with Gasteiger partial charge >= 0.3 is 11.5 Å². The van der Waals surface area contributed by atoms with Gasteiger partial charge in [0.05, 0.1) is 36.5 Å². The fraction of sp³-hybridized carbons (Fsp3) is 0.333. The van der Waals surface area contributed by atoms with Crippen LogP contribution < -0.4 is 5.32 Å². The normalized spacial score (nSPS) is 14.8. The highest BCUT2D eigenvalue weighted by Crippen LogP contribution is 2.39. The van der Waals surface area contributed by atoms with Crippen LogP contribution in [0, 0.1) is 0 Å². The van der Waals surface area contributed by atoms with Gasteiger partial charge < -0.3 is 20.1 Å². The zero-order valence-electron chi connectivity index (χ0n) is 13.4. The van der Waals surface area contributed by atoms with Crippen molar-refractivity contribution in [3.8, 4) is 0 Å². The van der Waals surface area contributed by atoms with Gasteiger partial charge in [-0.05, 0) is 30.0 Å². The fourth-order valence-electron chi connectivity index (χ4n) is 2.28. The van der Waals surface area contributed by atoms with Gasteiger partial charge in [0.2, 0.25) is 0 Å². The molecular formula is C15H14ClF3N2O4S. The van der Waals surface area contributed by atoms with Crippen LogP contribution in [0.4, 0.5) is 18.9 Å². The zero-order chi connectivity index (χ0) is 19.5. The van der Waals surface area contributed by atoms with E-state index in [4.69, 9.17) is 16.7 Å². The fourth-order valence-corrected chi connectivity index (χ4v) is 3.03. The number of carbonyl (C=O) groups is 2. The maximum Gasteiger partial charge on any atom is 0.446 e. The molecule has 1 aliphatic rings. The van der Waals surface area contributed by atoms with E-state index in [1.54, 1.807) is 0 Å². The van der Waals surface area contributed by atoms with Crippen molar-refractivity contribution >= 4 is 40.9 Å². The van der Waals surface area contributed by atoms with Crippen LogP contribution in [0.25, 0.3) is 0 Å². The largest absolute Gasteiger partial charge is 0.466 e. The number of esters is 1. The van der Waals surface area contributed by atoms with Crippen molar-refractivity contribution in [3.63, 3.8) is 0 Å². The highest BCUT2D eigenvalue weighted by atomic mass is 35.5. The SMILES string of the molecule is COC(=O)C1=C(Nc2cc(SC(F)(F)F)ccc2Cl)C(=O)N(CCO)C1. The number of halogens is 4. The predicted octanol–water partition coefficient (Wildman–Crippen LogP) is 2.63. The van der Waals surface area contributed by atoms with E-state index in [0.717, 1.165) is 13.2 Å². The first-order valence-corrected chi connectivity index (χ1v) is 8.39. The molecule has 0 fully saturated rings. The molecule has 0 aromatic heterocycles. The zero-order valence-corrected chi connectivity index (χ0v) is 15.0. The second-order valence-electron chi connectivity index (χ2n) is 5.11. The van der Waals surface area contributed by atoms with E-state index in [2.05, 4.69) is 10.1 Å². The molecule has 2 rings (SSSR count). The lowest BCUT2D eigenvalue weighted by molar-refractivity contribution is -0.136. The quantitative estimate of drug-likeness (QED) is 0.554. The first-order chi connectivity index (χ1) is 12.2. The van der Waals surface area contributed by atoms with Crippen molar-refractivity contribution in [2.24, 2.45) is 0 Å². The molecule has 0 atom stereocenters. The first-order valence-electron chi connectivity index (χ1n) is 7.20. The van der Waals surface area contributed by atoms with Crippen LogP contribution in [0.15, 0.2) is 34.4 Å². The highest BCUT2D eigenvalue weighted by molar-refractivity contribution is 8.00. The molecule has 0 unspecified atom stereocenters. The summed E-state index contributed by atoms with van der Waals surface area (Å²) >= 11 is 5.66. The summed E-state index contributed by atoms with van der Waals surface area (Å²) < 4.78 is 42.3. The number of benzene rings is 1. The number of nitrogens with zero attached hydrogens (tertiary/aromatic N) is 1. The molecular weight excluding hydrogens is 397 g/mol. The van der Waals surface area contributed by atoms with Crippen LogP contribution in [0.1, 0.15) is 0 Å². The maximum atomic E-state index is 12.5. The summed E-state index contributed by atoms with van der Waals surface area (Å²) in [5.41, 5.74) is -4.60. The second-order valence-corrected chi connectivity index (χ2v) is 6.66. The number of β-amino-alcohol motifs (C(OH)–C–C–N with tert-alkyl or cyclic N) is 1. The Labute approximate surface area is 155 Å². The number of anilines is 1. The van der Waals surface area contributed by atoms with Gasteiger partial charge in [0, 0.05) is 11.4 Å². The molecule has 142 valence electrons. The van der Waals surface area contributed by atoms with E-state index in [1.165, 1.54) is 17.0 Å². The van der Waals surface area contributed by atoms with Crippen LogP contribution in [0.5, 0.6) is 0 Å². The van der Waals surface area contributed by atoms with Gasteiger partial charge in [0.1, 0.15) is 5.70 Å². The Morgan fingerprint density at radius 2 is 2.15 bits per heavy atom. The summed E-state index contributed by atoms with van der Waals surface area (Å²) in [5.74, 6) is -1.36. The van der Waals surface area contributed by atoms with Crippen LogP contribution in [-0.2, 0) is 14.3 Å².